The fourth-order valence-corrected chi connectivity index (χ4v) is 3.29. The molecular weight excluding hydrogens is 338 g/mol. The van der Waals surface area contributed by atoms with Crippen LogP contribution in [0.4, 0.5) is 0 Å². The van der Waals surface area contributed by atoms with E-state index >= 15 is 0 Å². The number of thiophene rings is 1. The van der Waals surface area contributed by atoms with Crippen molar-refractivity contribution in [3.8, 4) is 16.1 Å². The van der Waals surface area contributed by atoms with E-state index in [1.165, 1.54) is 11.9 Å². The number of tetrazole rings is 1. The third kappa shape index (κ3) is 4.28. The highest BCUT2D eigenvalue weighted by Crippen LogP contribution is 2.29. The van der Waals surface area contributed by atoms with Gasteiger partial charge in [-0.05, 0) is 64.5 Å². The Hall–Kier alpha value is -2.58. The molecule has 2 aromatic heterocycles. The molecule has 1 amide bonds. The number of ether oxygens (including phenoxy) is 1. The molecule has 0 saturated carbocycles. The summed E-state index contributed by atoms with van der Waals surface area (Å²) in [5.41, 5.74) is 3.48. The average molecular weight is 357 g/mol. The zero-order chi connectivity index (χ0) is 17.6. The largest absolute Gasteiger partial charge is 0.385 e. The van der Waals surface area contributed by atoms with Crippen molar-refractivity contribution in [2.24, 2.45) is 0 Å². The van der Waals surface area contributed by atoms with Crippen LogP contribution in [0, 0.1) is 6.92 Å². The number of nitrogens with one attached hydrogen (secondary N) is 1. The number of nitrogens with zero attached hydrogens (tertiary/aromatic N) is 4. The summed E-state index contributed by atoms with van der Waals surface area (Å²) in [7, 11) is 1.65. The molecular formula is C17H19N5O2S. The Morgan fingerprint density at radius 2 is 2.20 bits per heavy atom. The summed E-state index contributed by atoms with van der Waals surface area (Å²) in [5.74, 6) is -0.124. The van der Waals surface area contributed by atoms with Gasteiger partial charge in [-0.2, -0.15) is 0 Å². The predicted octanol–water partition coefficient (Wildman–Crippen LogP) is 2.47. The quantitative estimate of drug-likeness (QED) is 0.657. The zero-order valence-electron chi connectivity index (χ0n) is 14.1. The van der Waals surface area contributed by atoms with Gasteiger partial charge >= 0.3 is 0 Å². The van der Waals surface area contributed by atoms with Gasteiger partial charge in [-0.25, -0.2) is 4.68 Å². The van der Waals surface area contributed by atoms with E-state index in [4.69, 9.17) is 4.74 Å². The summed E-state index contributed by atoms with van der Waals surface area (Å²) in [6.45, 7) is 3.23. The van der Waals surface area contributed by atoms with Crippen LogP contribution in [0.25, 0.3) is 16.1 Å². The topological polar surface area (TPSA) is 81.9 Å². The molecule has 1 N–H and O–H groups in total. The van der Waals surface area contributed by atoms with E-state index in [1.807, 2.05) is 12.1 Å². The molecule has 3 aromatic rings. The van der Waals surface area contributed by atoms with Gasteiger partial charge in [0.15, 0.2) is 0 Å². The highest BCUT2D eigenvalue weighted by atomic mass is 32.1. The highest BCUT2D eigenvalue weighted by Gasteiger charge is 2.12. The molecule has 0 aliphatic rings. The van der Waals surface area contributed by atoms with Gasteiger partial charge in [-0.3, -0.25) is 4.79 Å². The molecule has 25 heavy (non-hydrogen) atoms. The summed E-state index contributed by atoms with van der Waals surface area (Å²) >= 11 is 1.64. The Morgan fingerprint density at radius 3 is 2.88 bits per heavy atom. The van der Waals surface area contributed by atoms with Crippen molar-refractivity contribution in [1.82, 2.24) is 25.5 Å². The maximum atomic E-state index is 12.5. The van der Waals surface area contributed by atoms with Crippen molar-refractivity contribution in [1.29, 1.82) is 0 Å². The van der Waals surface area contributed by atoms with Gasteiger partial charge in [0, 0.05) is 30.7 Å². The maximum Gasteiger partial charge on any atom is 0.251 e. The summed E-state index contributed by atoms with van der Waals surface area (Å²) < 4.78 is 6.55. The molecule has 2 heterocycles. The number of methoxy groups -OCH3 is 1. The van der Waals surface area contributed by atoms with Gasteiger partial charge in [0.1, 0.15) is 6.33 Å². The van der Waals surface area contributed by atoms with Crippen LogP contribution in [-0.4, -0.2) is 46.4 Å². The number of aromatic nitrogens is 4. The van der Waals surface area contributed by atoms with Crippen LogP contribution in [0.5, 0.6) is 0 Å². The van der Waals surface area contributed by atoms with Crippen molar-refractivity contribution >= 4 is 17.2 Å². The van der Waals surface area contributed by atoms with Crippen LogP contribution >= 0.6 is 11.3 Å². The fraction of sp³-hybridized carbons (Fsp3) is 0.294. The fourth-order valence-electron chi connectivity index (χ4n) is 2.40. The molecule has 7 nitrogen and oxygen atoms in total. The van der Waals surface area contributed by atoms with Gasteiger partial charge < -0.3 is 10.1 Å². The number of amides is 1. The SMILES string of the molecule is COCCCNC(=O)c1cc(-c2cc(C)cs2)cc(-n2cnnn2)c1. The third-order valence-corrected chi connectivity index (χ3v) is 4.72. The number of hydrogen-bond acceptors (Lipinski definition) is 6. The van der Waals surface area contributed by atoms with Crippen LogP contribution < -0.4 is 5.32 Å². The van der Waals surface area contributed by atoms with Gasteiger partial charge in [0.25, 0.3) is 5.91 Å². The van der Waals surface area contributed by atoms with Crippen LogP contribution in [0.3, 0.4) is 0 Å². The number of hydrogen-bond donors (Lipinski definition) is 1. The molecule has 0 unspecified atom stereocenters. The Morgan fingerprint density at radius 1 is 1.32 bits per heavy atom. The monoisotopic (exact) mass is 357 g/mol. The van der Waals surface area contributed by atoms with Crippen molar-refractivity contribution in [3.63, 3.8) is 0 Å². The molecule has 0 fully saturated rings. The second-order valence-corrected chi connectivity index (χ2v) is 6.52. The minimum atomic E-state index is -0.124. The van der Waals surface area contributed by atoms with Crippen LogP contribution in [0.15, 0.2) is 36.0 Å². The first-order valence-electron chi connectivity index (χ1n) is 7.88. The number of aryl methyl sites for hydroxylation is 1. The molecule has 3 rings (SSSR count). The van der Waals surface area contributed by atoms with Crippen molar-refractivity contribution < 1.29 is 9.53 Å². The lowest BCUT2D eigenvalue weighted by Gasteiger charge is -2.09. The normalized spacial score (nSPS) is 10.8. The predicted molar refractivity (Wildman–Crippen MR) is 96.0 cm³/mol. The third-order valence-electron chi connectivity index (χ3n) is 3.62. The van der Waals surface area contributed by atoms with E-state index in [2.05, 4.69) is 39.2 Å². The molecule has 0 saturated heterocycles. The Bertz CT molecular complexity index is 845. The highest BCUT2D eigenvalue weighted by molar-refractivity contribution is 7.13. The minimum Gasteiger partial charge on any atom is -0.385 e. The molecule has 0 spiro atoms. The number of rotatable bonds is 7. The lowest BCUT2D eigenvalue weighted by Crippen LogP contribution is -2.25. The van der Waals surface area contributed by atoms with Crippen molar-refractivity contribution in [2.45, 2.75) is 13.3 Å². The van der Waals surface area contributed by atoms with E-state index in [0.29, 0.717) is 18.7 Å². The molecule has 8 heteroatoms. The summed E-state index contributed by atoms with van der Waals surface area (Å²) in [6.07, 6.45) is 2.28. The smallest absolute Gasteiger partial charge is 0.251 e. The van der Waals surface area contributed by atoms with Crippen molar-refractivity contribution in [3.05, 3.63) is 47.1 Å². The summed E-state index contributed by atoms with van der Waals surface area (Å²) in [6, 6.07) is 7.75. The molecule has 130 valence electrons. The number of carbonyl (C=O) groups excluding carboxylic acids is 1. The van der Waals surface area contributed by atoms with E-state index in [-0.39, 0.29) is 5.91 Å². The maximum absolute atomic E-state index is 12.5. The summed E-state index contributed by atoms with van der Waals surface area (Å²) in [4.78, 5) is 13.6. The van der Waals surface area contributed by atoms with Gasteiger partial charge in [-0.1, -0.05) is 0 Å². The molecule has 0 aliphatic heterocycles. The molecule has 1 aromatic carbocycles. The van der Waals surface area contributed by atoms with E-state index in [9.17, 15) is 4.79 Å². The lowest BCUT2D eigenvalue weighted by molar-refractivity contribution is 0.0948. The zero-order valence-corrected chi connectivity index (χ0v) is 14.9. The van der Waals surface area contributed by atoms with Crippen LogP contribution in [0.2, 0.25) is 0 Å². The lowest BCUT2D eigenvalue weighted by atomic mass is 10.1. The molecule has 0 bridgehead atoms. The standard InChI is InChI=1S/C17H19N5O2S/c1-12-6-16(25-10-12)13-7-14(17(23)18-4-3-5-24-2)9-15(8-13)22-11-19-20-21-22/h6-11H,3-5H2,1-2H3,(H,18,23). The van der Waals surface area contributed by atoms with Gasteiger partial charge in [0.2, 0.25) is 0 Å². The number of benzene rings is 1. The molecule has 0 atom stereocenters. The van der Waals surface area contributed by atoms with Gasteiger partial charge in [0.05, 0.1) is 5.69 Å². The first kappa shape index (κ1) is 17.2. The van der Waals surface area contributed by atoms with Crippen LogP contribution in [-0.2, 0) is 4.74 Å². The van der Waals surface area contributed by atoms with Gasteiger partial charge in [-0.15, -0.1) is 16.4 Å². The second-order valence-electron chi connectivity index (χ2n) is 5.61. The average Bonchev–Trinajstić information content (AvgIpc) is 3.30. The summed E-state index contributed by atoms with van der Waals surface area (Å²) in [5, 5.41) is 16.3. The Labute approximate surface area is 149 Å². The minimum absolute atomic E-state index is 0.124. The first-order chi connectivity index (χ1) is 12.2. The Balaban J connectivity index is 1.91. The van der Waals surface area contributed by atoms with E-state index < -0.39 is 0 Å². The van der Waals surface area contributed by atoms with Crippen LogP contribution in [0.1, 0.15) is 22.3 Å². The number of carbonyl (C=O) groups is 1. The first-order valence-corrected chi connectivity index (χ1v) is 8.76. The molecule has 0 aliphatic carbocycles. The van der Waals surface area contributed by atoms with E-state index in [1.54, 1.807) is 29.2 Å². The second kappa shape index (κ2) is 8.00. The van der Waals surface area contributed by atoms with Crippen molar-refractivity contribution in [2.75, 3.05) is 20.3 Å². The van der Waals surface area contributed by atoms with E-state index in [0.717, 1.165) is 22.5 Å². The Kier molecular flexibility index (Phi) is 5.52. The molecule has 0 radical (unpaired) electrons.